The van der Waals surface area contributed by atoms with Gasteiger partial charge in [0, 0.05) is 42.5 Å². The molecule has 0 spiro atoms. The number of ether oxygens (including phenoxy) is 1. The Balaban J connectivity index is 1.35. The van der Waals surface area contributed by atoms with E-state index in [1.807, 2.05) is 75.4 Å². The van der Waals surface area contributed by atoms with Crippen molar-refractivity contribution in [3.8, 4) is 0 Å². The maximum absolute atomic E-state index is 13.9. The summed E-state index contributed by atoms with van der Waals surface area (Å²) in [6.07, 6.45) is 2.94. The summed E-state index contributed by atoms with van der Waals surface area (Å²) in [5, 5.41) is 12.4. The van der Waals surface area contributed by atoms with Gasteiger partial charge >= 0.3 is 6.09 Å². The highest BCUT2D eigenvalue weighted by Gasteiger charge is 2.26. The lowest BCUT2D eigenvalue weighted by Gasteiger charge is -2.27. The number of nitrogens with one attached hydrogen (secondary N) is 4. The van der Waals surface area contributed by atoms with Gasteiger partial charge in [-0.2, -0.15) is 0 Å². The second-order valence-electron chi connectivity index (χ2n) is 12.7. The van der Waals surface area contributed by atoms with Crippen LogP contribution in [0.1, 0.15) is 76.6 Å². The Morgan fingerprint density at radius 3 is 2.26 bits per heavy atom. The molecule has 2 aliphatic rings. The summed E-state index contributed by atoms with van der Waals surface area (Å²) >= 11 is 0. The second kappa shape index (κ2) is 15.7. The van der Waals surface area contributed by atoms with Crippen LogP contribution in [0.2, 0.25) is 0 Å². The van der Waals surface area contributed by atoms with Crippen LogP contribution in [-0.2, 0) is 16.0 Å². The van der Waals surface area contributed by atoms with Crippen LogP contribution in [-0.4, -0.2) is 62.1 Å². The summed E-state index contributed by atoms with van der Waals surface area (Å²) in [6.45, 7) is 7.48. The smallest absolute Gasteiger partial charge is 0.414 e. The van der Waals surface area contributed by atoms with E-state index in [2.05, 4.69) is 21.3 Å². The van der Waals surface area contributed by atoms with Crippen LogP contribution in [0.4, 0.5) is 10.5 Å². The van der Waals surface area contributed by atoms with Gasteiger partial charge in [0.05, 0.1) is 18.7 Å². The number of hydrogen-bond donors (Lipinski definition) is 4. The molecule has 47 heavy (non-hydrogen) atoms. The molecule has 2 fully saturated rings. The average Bonchev–Trinajstić information content (AvgIpc) is 3.91. The molecular formula is C37H45N5O5. The van der Waals surface area contributed by atoms with Crippen molar-refractivity contribution in [3.05, 3.63) is 101 Å². The van der Waals surface area contributed by atoms with Crippen molar-refractivity contribution in [2.75, 3.05) is 31.1 Å². The van der Waals surface area contributed by atoms with Crippen molar-refractivity contribution in [2.45, 2.75) is 64.6 Å². The van der Waals surface area contributed by atoms with E-state index in [1.165, 1.54) is 4.90 Å². The first-order valence-corrected chi connectivity index (χ1v) is 16.5. The Kier molecular flexibility index (Phi) is 11.3. The molecule has 1 saturated carbocycles. The van der Waals surface area contributed by atoms with Crippen LogP contribution in [0, 0.1) is 12.8 Å². The molecule has 0 aromatic heterocycles. The van der Waals surface area contributed by atoms with E-state index in [1.54, 1.807) is 18.2 Å². The molecule has 10 nitrogen and oxygen atoms in total. The maximum Gasteiger partial charge on any atom is 0.414 e. The first-order valence-electron chi connectivity index (χ1n) is 16.5. The summed E-state index contributed by atoms with van der Waals surface area (Å²) < 4.78 is 5.26. The van der Waals surface area contributed by atoms with E-state index >= 15 is 0 Å². The molecule has 1 aliphatic heterocycles. The van der Waals surface area contributed by atoms with Gasteiger partial charge in [-0.25, -0.2) is 4.79 Å². The van der Waals surface area contributed by atoms with Crippen molar-refractivity contribution in [3.63, 3.8) is 0 Å². The predicted octanol–water partition coefficient (Wildman–Crippen LogP) is 4.68. The summed E-state index contributed by atoms with van der Waals surface area (Å²) in [5.41, 5.74) is 4.00. The van der Waals surface area contributed by atoms with Gasteiger partial charge in [-0.1, -0.05) is 60.2 Å². The van der Waals surface area contributed by atoms with E-state index in [4.69, 9.17) is 4.74 Å². The molecule has 5 rings (SSSR count). The molecule has 248 valence electrons. The third-order valence-electron chi connectivity index (χ3n) is 8.64. The third kappa shape index (κ3) is 9.65. The van der Waals surface area contributed by atoms with Crippen molar-refractivity contribution < 1.29 is 23.9 Å². The van der Waals surface area contributed by atoms with Crippen LogP contribution < -0.4 is 26.2 Å². The minimum absolute atomic E-state index is 0.0710. The van der Waals surface area contributed by atoms with Crippen LogP contribution >= 0.6 is 0 Å². The zero-order valence-electron chi connectivity index (χ0n) is 27.4. The molecule has 1 heterocycles. The van der Waals surface area contributed by atoms with Crippen LogP contribution in [0.25, 0.3) is 0 Å². The molecule has 0 bridgehead atoms. The summed E-state index contributed by atoms with van der Waals surface area (Å²) in [4.78, 5) is 54.2. The molecule has 4 amide bonds. The second-order valence-corrected chi connectivity index (χ2v) is 12.7. The number of carbonyl (C=O) groups excluding carboxylic acids is 4. The Morgan fingerprint density at radius 2 is 1.60 bits per heavy atom. The van der Waals surface area contributed by atoms with Gasteiger partial charge in [0.2, 0.25) is 5.91 Å². The minimum atomic E-state index is -0.520. The Bertz CT molecular complexity index is 1560. The number of aryl methyl sites for hydroxylation is 1. The number of cyclic esters (lactones) is 1. The third-order valence-corrected chi connectivity index (χ3v) is 8.64. The molecule has 0 radical (unpaired) electrons. The number of benzene rings is 3. The van der Waals surface area contributed by atoms with Gasteiger partial charge in [-0.05, 0) is 81.7 Å². The number of hydrogen-bond acceptors (Lipinski definition) is 6. The summed E-state index contributed by atoms with van der Waals surface area (Å²) in [7, 11) is 0. The lowest BCUT2D eigenvalue weighted by Crippen LogP contribution is -2.49. The lowest BCUT2D eigenvalue weighted by molar-refractivity contribution is -0.122. The first kappa shape index (κ1) is 33.7. The molecule has 1 saturated heterocycles. The van der Waals surface area contributed by atoms with Gasteiger partial charge in [0.15, 0.2) is 0 Å². The fourth-order valence-electron chi connectivity index (χ4n) is 5.51. The highest BCUT2D eigenvalue weighted by Crippen LogP contribution is 2.27. The van der Waals surface area contributed by atoms with Gasteiger partial charge in [0.25, 0.3) is 11.8 Å². The molecule has 3 aromatic carbocycles. The standard InChI is InChI=1S/C37H45N5O5/c1-24-10-14-29(15-11-24)25(2)40-35(44)30-19-31(21-33(20-30)42-16-7-17-47-37(42)46)36(45)41-32(18-27-8-5-4-6-9-27)23-38-26(3)34(43)39-22-28-12-13-28/h4-6,8-11,14-15,19-21,25-26,28,32,38H,7,12-13,16-18,22-23H2,1-3H3,(H,39,43)(H,40,44)(H,41,45)/t25-,26+,32+/m1/s1. The van der Waals surface area contributed by atoms with Crippen LogP contribution in [0.3, 0.4) is 0 Å². The van der Waals surface area contributed by atoms with Crippen molar-refractivity contribution in [1.29, 1.82) is 0 Å². The fourth-order valence-corrected chi connectivity index (χ4v) is 5.51. The normalized spacial score (nSPS) is 16.4. The highest BCUT2D eigenvalue weighted by molar-refractivity contribution is 6.02. The zero-order valence-corrected chi connectivity index (χ0v) is 27.4. The Morgan fingerprint density at radius 1 is 0.915 bits per heavy atom. The van der Waals surface area contributed by atoms with Crippen LogP contribution in [0.15, 0.2) is 72.8 Å². The number of rotatable bonds is 14. The lowest BCUT2D eigenvalue weighted by atomic mass is 10.0. The van der Waals surface area contributed by atoms with Gasteiger partial charge in [0.1, 0.15) is 0 Å². The van der Waals surface area contributed by atoms with E-state index in [-0.39, 0.29) is 35.0 Å². The number of anilines is 1. The summed E-state index contributed by atoms with van der Waals surface area (Å²) in [5.74, 6) is -0.255. The van der Waals surface area contributed by atoms with Gasteiger partial charge < -0.3 is 26.0 Å². The molecule has 3 aromatic rings. The maximum atomic E-state index is 13.9. The van der Waals surface area contributed by atoms with E-state index in [0.29, 0.717) is 50.7 Å². The average molecular weight is 640 g/mol. The van der Waals surface area contributed by atoms with Gasteiger partial charge in [-0.3, -0.25) is 19.3 Å². The molecule has 10 heteroatoms. The topological polar surface area (TPSA) is 129 Å². The van der Waals surface area contributed by atoms with E-state index < -0.39 is 18.0 Å². The van der Waals surface area contributed by atoms with E-state index in [0.717, 1.165) is 29.5 Å². The number of carbonyl (C=O) groups is 4. The van der Waals surface area contributed by atoms with Crippen molar-refractivity contribution >= 4 is 29.5 Å². The zero-order chi connectivity index (χ0) is 33.3. The van der Waals surface area contributed by atoms with Crippen molar-refractivity contribution in [1.82, 2.24) is 21.3 Å². The summed E-state index contributed by atoms with van der Waals surface area (Å²) in [6, 6.07) is 21.4. The minimum Gasteiger partial charge on any atom is -0.449 e. The highest BCUT2D eigenvalue weighted by atomic mass is 16.6. The quantitative estimate of drug-likeness (QED) is 0.203. The fraction of sp³-hybridized carbons (Fsp3) is 0.405. The number of amides is 4. The molecule has 4 N–H and O–H groups in total. The SMILES string of the molecule is Cc1ccc([C@@H](C)NC(=O)c2cc(C(=O)N[C@H](CN[C@@H](C)C(=O)NCC3CC3)Cc3ccccc3)cc(N3CCCOC3=O)c2)cc1. The van der Waals surface area contributed by atoms with Gasteiger partial charge in [-0.15, -0.1) is 0 Å². The first-order chi connectivity index (χ1) is 22.7. The molecule has 1 aliphatic carbocycles. The Hall–Kier alpha value is -4.70. The largest absolute Gasteiger partial charge is 0.449 e. The predicted molar refractivity (Wildman–Crippen MR) is 181 cm³/mol. The number of nitrogens with zero attached hydrogens (tertiary/aromatic N) is 1. The van der Waals surface area contributed by atoms with Crippen molar-refractivity contribution in [2.24, 2.45) is 5.92 Å². The monoisotopic (exact) mass is 639 g/mol. The van der Waals surface area contributed by atoms with E-state index in [9.17, 15) is 19.2 Å². The Labute approximate surface area is 276 Å². The molecule has 3 atom stereocenters. The van der Waals surface area contributed by atoms with Crippen LogP contribution in [0.5, 0.6) is 0 Å². The molecular weight excluding hydrogens is 594 g/mol. The molecule has 0 unspecified atom stereocenters.